The first-order valence-corrected chi connectivity index (χ1v) is 4.29. The van der Waals surface area contributed by atoms with Crippen molar-refractivity contribution in [1.82, 2.24) is 5.32 Å². The number of hydrogen-bond donors (Lipinski definition) is 1. The van der Waals surface area contributed by atoms with Crippen LogP contribution in [0, 0.1) is 6.92 Å². The number of alkyl halides is 2. The first-order valence-electron chi connectivity index (χ1n) is 4.29. The Kier molecular flexibility index (Phi) is 3.12. The average Bonchev–Trinajstić information content (AvgIpc) is 2.06. The van der Waals surface area contributed by atoms with Crippen molar-refractivity contribution in [3.63, 3.8) is 0 Å². The van der Waals surface area contributed by atoms with Gasteiger partial charge in [-0.25, -0.2) is 0 Å². The highest BCUT2D eigenvalue weighted by Gasteiger charge is 2.36. The Bertz CT molecular complexity index is 339. The number of benzene rings is 1. The number of fused-ring (bicyclic) bond motifs is 1. The van der Waals surface area contributed by atoms with E-state index >= 15 is 0 Å². The van der Waals surface area contributed by atoms with Gasteiger partial charge < -0.3 is 5.32 Å². The van der Waals surface area contributed by atoms with Crippen LogP contribution in [0.3, 0.4) is 0 Å². The lowest BCUT2D eigenvalue weighted by molar-refractivity contribution is -0.0109. The van der Waals surface area contributed by atoms with Crippen molar-refractivity contribution < 1.29 is 8.78 Å². The third-order valence-electron chi connectivity index (χ3n) is 2.45. The summed E-state index contributed by atoms with van der Waals surface area (Å²) in [5, 5.41) is 2.72. The summed E-state index contributed by atoms with van der Waals surface area (Å²) in [4.78, 5) is 0. The molecule has 0 fully saturated rings. The molecule has 0 saturated carbocycles. The second kappa shape index (κ2) is 3.83. The molecule has 0 amide bonds. The van der Waals surface area contributed by atoms with E-state index in [2.05, 4.69) is 5.32 Å². The molecular formula is C10H12ClF2N. The van der Waals surface area contributed by atoms with E-state index in [9.17, 15) is 8.78 Å². The van der Waals surface area contributed by atoms with Gasteiger partial charge in [0.25, 0.3) is 5.92 Å². The van der Waals surface area contributed by atoms with Gasteiger partial charge in [-0.3, -0.25) is 0 Å². The molecule has 0 saturated heterocycles. The third kappa shape index (κ3) is 1.74. The lowest BCUT2D eigenvalue weighted by Crippen LogP contribution is -2.37. The van der Waals surface area contributed by atoms with Gasteiger partial charge in [0.2, 0.25) is 0 Å². The maximum Gasteiger partial charge on any atom is 0.285 e. The van der Waals surface area contributed by atoms with Crippen molar-refractivity contribution >= 4 is 12.4 Å². The van der Waals surface area contributed by atoms with Crippen molar-refractivity contribution in [3.05, 3.63) is 34.9 Å². The summed E-state index contributed by atoms with van der Waals surface area (Å²) in [6.45, 7) is 2.17. The van der Waals surface area contributed by atoms with E-state index in [1.54, 1.807) is 6.07 Å². The summed E-state index contributed by atoms with van der Waals surface area (Å²) in [7, 11) is 0. The van der Waals surface area contributed by atoms with Gasteiger partial charge in [-0.05, 0) is 18.1 Å². The molecular weight excluding hydrogens is 208 g/mol. The van der Waals surface area contributed by atoms with Crippen molar-refractivity contribution in [2.45, 2.75) is 19.4 Å². The zero-order chi connectivity index (χ0) is 9.47. The van der Waals surface area contributed by atoms with Crippen molar-refractivity contribution in [3.8, 4) is 0 Å². The highest BCUT2D eigenvalue weighted by molar-refractivity contribution is 5.85. The van der Waals surface area contributed by atoms with Crippen molar-refractivity contribution in [2.24, 2.45) is 0 Å². The molecule has 0 unspecified atom stereocenters. The summed E-state index contributed by atoms with van der Waals surface area (Å²) in [6.07, 6.45) is 0. The van der Waals surface area contributed by atoms with Gasteiger partial charge in [0.05, 0.1) is 6.54 Å². The highest BCUT2D eigenvalue weighted by Crippen LogP contribution is 2.34. The molecule has 1 aliphatic heterocycles. The van der Waals surface area contributed by atoms with Gasteiger partial charge in [0.15, 0.2) is 0 Å². The molecule has 1 nitrogen and oxygen atoms in total. The summed E-state index contributed by atoms with van der Waals surface area (Å²) < 4.78 is 26.6. The van der Waals surface area contributed by atoms with E-state index in [0.29, 0.717) is 6.54 Å². The number of rotatable bonds is 0. The molecule has 0 radical (unpaired) electrons. The third-order valence-corrected chi connectivity index (χ3v) is 2.45. The van der Waals surface area contributed by atoms with E-state index < -0.39 is 5.92 Å². The molecule has 0 spiro atoms. The minimum Gasteiger partial charge on any atom is -0.307 e. The average molecular weight is 220 g/mol. The molecule has 0 aliphatic carbocycles. The Balaban J connectivity index is 0.000000980. The van der Waals surface area contributed by atoms with Crippen molar-refractivity contribution in [1.29, 1.82) is 0 Å². The molecule has 1 heterocycles. The Morgan fingerprint density at radius 2 is 2.07 bits per heavy atom. The Morgan fingerprint density at radius 1 is 1.36 bits per heavy atom. The lowest BCUT2D eigenvalue weighted by Gasteiger charge is -2.27. The minimum absolute atomic E-state index is 0. The van der Waals surface area contributed by atoms with Crippen LogP contribution in [0.5, 0.6) is 0 Å². The van der Waals surface area contributed by atoms with Crippen LogP contribution in [0.1, 0.15) is 16.7 Å². The van der Waals surface area contributed by atoms with Crippen molar-refractivity contribution in [2.75, 3.05) is 6.54 Å². The minimum atomic E-state index is -2.71. The molecule has 78 valence electrons. The molecule has 0 atom stereocenters. The van der Waals surface area contributed by atoms with Gasteiger partial charge in [-0.1, -0.05) is 18.2 Å². The normalized spacial score (nSPS) is 18.2. The van der Waals surface area contributed by atoms with Gasteiger partial charge >= 0.3 is 0 Å². The maximum absolute atomic E-state index is 13.3. The molecule has 2 rings (SSSR count). The van der Waals surface area contributed by atoms with Gasteiger partial charge in [-0.15, -0.1) is 12.4 Å². The fraction of sp³-hybridized carbons (Fsp3) is 0.400. The van der Waals surface area contributed by atoms with E-state index in [1.807, 2.05) is 13.0 Å². The monoisotopic (exact) mass is 219 g/mol. The van der Waals surface area contributed by atoms with Gasteiger partial charge in [-0.2, -0.15) is 8.78 Å². The quantitative estimate of drug-likeness (QED) is 0.707. The van der Waals surface area contributed by atoms with E-state index in [0.717, 1.165) is 11.1 Å². The van der Waals surface area contributed by atoms with E-state index in [4.69, 9.17) is 0 Å². The molecule has 4 heteroatoms. The summed E-state index contributed by atoms with van der Waals surface area (Å²) in [5.41, 5.74) is 1.87. The molecule has 0 aromatic heterocycles. The fourth-order valence-corrected chi connectivity index (χ4v) is 1.72. The predicted molar refractivity (Wildman–Crippen MR) is 54.0 cm³/mol. The molecule has 1 aliphatic rings. The van der Waals surface area contributed by atoms with Crippen LogP contribution in [0.2, 0.25) is 0 Å². The maximum atomic E-state index is 13.3. The summed E-state index contributed by atoms with van der Waals surface area (Å²) >= 11 is 0. The largest absolute Gasteiger partial charge is 0.307 e. The Labute approximate surface area is 87.9 Å². The molecule has 1 aromatic carbocycles. The second-order valence-electron chi connectivity index (χ2n) is 3.41. The Morgan fingerprint density at radius 3 is 2.71 bits per heavy atom. The standard InChI is InChI=1S/C10H11F2N.ClH/c1-7-3-2-4-9-8(7)5-13-6-10(9,11)12;/h2-4,13H,5-6H2,1H3;1H. The number of nitrogens with one attached hydrogen (secondary N) is 1. The summed E-state index contributed by atoms with van der Waals surface area (Å²) in [5.74, 6) is -2.71. The smallest absolute Gasteiger partial charge is 0.285 e. The zero-order valence-electron chi connectivity index (χ0n) is 7.81. The molecule has 14 heavy (non-hydrogen) atoms. The van der Waals surface area contributed by atoms with Crippen LogP contribution in [-0.2, 0) is 12.5 Å². The van der Waals surface area contributed by atoms with E-state index in [-0.39, 0.29) is 24.5 Å². The number of aryl methyl sites for hydroxylation is 1. The number of halogens is 3. The Hall–Kier alpha value is -0.670. The first kappa shape index (κ1) is 11.4. The topological polar surface area (TPSA) is 12.0 Å². The lowest BCUT2D eigenvalue weighted by atomic mass is 9.94. The molecule has 1 aromatic rings. The predicted octanol–water partition coefficient (Wildman–Crippen LogP) is 2.61. The van der Waals surface area contributed by atoms with Crippen LogP contribution in [0.25, 0.3) is 0 Å². The van der Waals surface area contributed by atoms with Crippen LogP contribution < -0.4 is 5.32 Å². The number of hydrogen-bond acceptors (Lipinski definition) is 1. The van der Waals surface area contributed by atoms with Crippen LogP contribution >= 0.6 is 12.4 Å². The van der Waals surface area contributed by atoms with Crippen LogP contribution in [0.15, 0.2) is 18.2 Å². The molecule has 0 bridgehead atoms. The second-order valence-corrected chi connectivity index (χ2v) is 3.41. The molecule has 1 N–H and O–H groups in total. The van der Waals surface area contributed by atoms with Gasteiger partial charge in [0, 0.05) is 12.1 Å². The summed E-state index contributed by atoms with van der Waals surface area (Å²) in [6, 6.07) is 5.07. The fourth-order valence-electron chi connectivity index (χ4n) is 1.72. The highest BCUT2D eigenvalue weighted by atomic mass is 35.5. The SMILES string of the molecule is Cc1cccc2c1CNCC2(F)F.Cl. The van der Waals surface area contributed by atoms with Crippen LogP contribution in [-0.4, -0.2) is 6.54 Å². The van der Waals surface area contributed by atoms with Crippen LogP contribution in [0.4, 0.5) is 8.78 Å². The first-order chi connectivity index (χ1) is 6.11. The van der Waals surface area contributed by atoms with Gasteiger partial charge in [0.1, 0.15) is 0 Å². The zero-order valence-corrected chi connectivity index (χ0v) is 8.63. The van der Waals surface area contributed by atoms with E-state index in [1.165, 1.54) is 6.07 Å².